The second-order valence-electron chi connectivity index (χ2n) is 4.85. The summed E-state index contributed by atoms with van der Waals surface area (Å²) in [4.78, 5) is 11.5. The Morgan fingerprint density at radius 2 is 2.15 bits per heavy atom. The van der Waals surface area contributed by atoms with Crippen molar-refractivity contribution >= 4 is 6.09 Å². The SMILES string of the molecule is O=C(NC[C@H]1CNCCC1(F)F)OCc1ccccc1. The van der Waals surface area contributed by atoms with Gasteiger partial charge in [-0.1, -0.05) is 30.3 Å². The van der Waals surface area contributed by atoms with E-state index < -0.39 is 17.9 Å². The van der Waals surface area contributed by atoms with Gasteiger partial charge in [0, 0.05) is 26.1 Å². The van der Waals surface area contributed by atoms with Crippen LogP contribution in [0.25, 0.3) is 0 Å². The van der Waals surface area contributed by atoms with Crippen molar-refractivity contribution in [1.29, 1.82) is 0 Å². The van der Waals surface area contributed by atoms with Gasteiger partial charge in [-0.2, -0.15) is 0 Å². The molecule has 1 saturated heterocycles. The average molecular weight is 284 g/mol. The van der Waals surface area contributed by atoms with E-state index in [9.17, 15) is 13.6 Å². The van der Waals surface area contributed by atoms with Crippen LogP contribution in [0.4, 0.5) is 13.6 Å². The van der Waals surface area contributed by atoms with Gasteiger partial charge in [0.2, 0.25) is 0 Å². The van der Waals surface area contributed by atoms with Gasteiger partial charge in [0.15, 0.2) is 0 Å². The molecule has 1 amide bonds. The zero-order valence-electron chi connectivity index (χ0n) is 11.1. The third kappa shape index (κ3) is 4.16. The first kappa shape index (κ1) is 14.7. The molecular formula is C14H18F2N2O2. The topological polar surface area (TPSA) is 50.4 Å². The molecule has 1 atom stereocenters. The number of amides is 1. The number of carbonyl (C=O) groups is 1. The highest BCUT2D eigenvalue weighted by Crippen LogP contribution is 2.29. The third-order valence-corrected chi connectivity index (χ3v) is 3.33. The number of piperidine rings is 1. The highest BCUT2D eigenvalue weighted by Gasteiger charge is 2.41. The number of alkyl carbamates (subject to hydrolysis) is 1. The van der Waals surface area contributed by atoms with Gasteiger partial charge in [-0.3, -0.25) is 0 Å². The van der Waals surface area contributed by atoms with Crippen LogP contribution in [0.5, 0.6) is 0 Å². The Morgan fingerprint density at radius 3 is 2.85 bits per heavy atom. The summed E-state index contributed by atoms with van der Waals surface area (Å²) in [6.07, 6.45) is -0.867. The molecule has 6 heteroatoms. The summed E-state index contributed by atoms with van der Waals surface area (Å²) < 4.78 is 32.0. The molecule has 1 heterocycles. The zero-order chi connectivity index (χ0) is 14.4. The minimum absolute atomic E-state index is 0.0897. The Balaban J connectivity index is 1.72. The molecule has 0 saturated carbocycles. The first-order chi connectivity index (χ1) is 9.58. The van der Waals surface area contributed by atoms with Gasteiger partial charge in [-0.15, -0.1) is 0 Å². The van der Waals surface area contributed by atoms with Gasteiger partial charge < -0.3 is 15.4 Å². The van der Waals surface area contributed by atoms with Gasteiger partial charge in [0.1, 0.15) is 6.61 Å². The van der Waals surface area contributed by atoms with Gasteiger partial charge in [-0.05, 0) is 5.56 Å². The molecule has 0 unspecified atom stereocenters. The van der Waals surface area contributed by atoms with E-state index in [-0.39, 0.29) is 26.1 Å². The number of alkyl halides is 2. The summed E-state index contributed by atoms with van der Waals surface area (Å²) in [5, 5.41) is 5.30. The molecule has 0 bridgehead atoms. The molecule has 0 spiro atoms. The summed E-state index contributed by atoms with van der Waals surface area (Å²) in [7, 11) is 0. The Bertz CT molecular complexity index is 440. The van der Waals surface area contributed by atoms with Crippen LogP contribution in [-0.2, 0) is 11.3 Å². The fraction of sp³-hybridized carbons (Fsp3) is 0.500. The van der Waals surface area contributed by atoms with E-state index in [0.29, 0.717) is 6.54 Å². The lowest BCUT2D eigenvalue weighted by atomic mass is 9.95. The predicted octanol–water partition coefficient (Wildman–Crippen LogP) is 2.16. The van der Waals surface area contributed by atoms with E-state index in [1.54, 1.807) is 0 Å². The first-order valence-electron chi connectivity index (χ1n) is 6.61. The van der Waals surface area contributed by atoms with E-state index in [1.165, 1.54) is 0 Å². The maximum Gasteiger partial charge on any atom is 0.407 e. The standard InChI is InChI=1S/C14H18F2N2O2/c15-14(16)6-7-17-8-12(14)9-18-13(19)20-10-11-4-2-1-3-5-11/h1-5,12,17H,6-10H2,(H,18,19)/t12-/m1/s1. The van der Waals surface area contributed by atoms with E-state index in [0.717, 1.165) is 5.56 Å². The quantitative estimate of drug-likeness (QED) is 0.891. The Hall–Kier alpha value is -1.69. The van der Waals surface area contributed by atoms with Crippen LogP contribution in [0.15, 0.2) is 30.3 Å². The van der Waals surface area contributed by atoms with Crippen LogP contribution < -0.4 is 10.6 Å². The largest absolute Gasteiger partial charge is 0.445 e. The molecule has 1 aliphatic heterocycles. The maximum atomic E-state index is 13.5. The summed E-state index contributed by atoms with van der Waals surface area (Å²) in [6, 6.07) is 9.19. The van der Waals surface area contributed by atoms with Crippen LogP contribution in [-0.4, -0.2) is 31.7 Å². The van der Waals surface area contributed by atoms with Crippen LogP contribution in [0, 0.1) is 5.92 Å². The molecule has 2 rings (SSSR count). The van der Waals surface area contributed by atoms with Crippen molar-refractivity contribution in [1.82, 2.24) is 10.6 Å². The van der Waals surface area contributed by atoms with Crippen LogP contribution in [0.3, 0.4) is 0 Å². The predicted molar refractivity (Wildman–Crippen MR) is 70.6 cm³/mol. The Labute approximate surface area is 116 Å². The molecule has 0 aliphatic carbocycles. The molecule has 1 aliphatic rings. The number of nitrogens with one attached hydrogen (secondary N) is 2. The lowest BCUT2D eigenvalue weighted by Gasteiger charge is -2.31. The summed E-state index contributed by atoms with van der Waals surface area (Å²) in [5.41, 5.74) is 0.854. The summed E-state index contributed by atoms with van der Waals surface area (Å²) in [6.45, 7) is 0.549. The van der Waals surface area contributed by atoms with Crippen molar-refractivity contribution in [3.8, 4) is 0 Å². The molecule has 0 radical (unpaired) electrons. The van der Waals surface area contributed by atoms with Gasteiger partial charge in [-0.25, -0.2) is 13.6 Å². The fourth-order valence-corrected chi connectivity index (χ4v) is 2.09. The zero-order valence-corrected chi connectivity index (χ0v) is 11.1. The van der Waals surface area contributed by atoms with Crippen LogP contribution in [0.2, 0.25) is 0 Å². The smallest absolute Gasteiger partial charge is 0.407 e. The van der Waals surface area contributed by atoms with Crippen molar-refractivity contribution in [2.75, 3.05) is 19.6 Å². The molecule has 110 valence electrons. The van der Waals surface area contributed by atoms with Crippen molar-refractivity contribution in [2.24, 2.45) is 5.92 Å². The molecule has 0 aromatic heterocycles. The molecule has 20 heavy (non-hydrogen) atoms. The van der Waals surface area contributed by atoms with Crippen molar-refractivity contribution < 1.29 is 18.3 Å². The van der Waals surface area contributed by atoms with Crippen molar-refractivity contribution in [3.63, 3.8) is 0 Å². The molecular weight excluding hydrogens is 266 g/mol. The minimum Gasteiger partial charge on any atom is -0.445 e. The van der Waals surface area contributed by atoms with E-state index in [2.05, 4.69) is 10.6 Å². The first-order valence-corrected chi connectivity index (χ1v) is 6.61. The van der Waals surface area contributed by atoms with Crippen molar-refractivity contribution in [2.45, 2.75) is 19.0 Å². The number of rotatable bonds is 4. The number of halogens is 2. The maximum absolute atomic E-state index is 13.5. The fourth-order valence-electron chi connectivity index (χ4n) is 2.09. The number of ether oxygens (including phenoxy) is 1. The van der Waals surface area contributed by atoms with E-state index >= 15 is 0 Å². The highest BCUT2D eigenvalue weighted by atomic mass is 19.3. The average Bonchev–Trinajstić information content (AvgIpc) is 2.44. The second-order valence-corrected chi connectivity index (χ2v) is 4.85. The number of benzene rings is 1. The normalized spacial score (nSPS) is 21.2. The van der Waals surface area contributed by atoms with E-state index in [4.69, 9.17) is 4.74 Å². The highest BCUT2D eigenvalue weighted by molar-refractivity contribution is 5.67. The monoisotopic (exact) mass is 284 g/mol. The van der Waals surface area contributed by atoms with E-state index in [1.807, 2.05) is 30.3 Å². The summed E-state index contributed by atoms with van der Waals surface area (Å²) in [5.74, 6) is -3.63. The number of carbonyl (C=O) groups excluding carboxylic acids is 1. The number of hydrogen-bond donors (Lipinski definition) is 2. The van der Waals surface area contributed by atoms with Gasteiger partial charge >= 0.3 is 6.09 Å². The molecule has 1 fully saturated rings. The molecule has 1 aromatic rings. The molecule has 1 aromatic carbocycles. The second kappa shape index (κ2) is 6.65. The van der Waals surface area contributed by atoms with Gasteiger partial charge in [0.05, 0.1) is 5.92 Å². The number of hydrogen-bond acceptors (Lipinski definition) is 3. The van der Waals surface area contributed by atoms with Crippen LogP contribution >= 0.6 is 0 Å². The van der Waals surface area contributed by atoms with Crippen molar-refractivity contribution in [3.05, 3.63) is 35.9 Å². The van der Waals surface area contributed by atoms with Crippen LogP contribution in [0.1, 0.15) is 12.0 Å². The molecule has 4 nitrogen and oxygen atoms in total. The molecule has 2 N–H and O–H groups in total. The lowest BCUT2D eigenvalue weighted by Crippen LogP contribution is -2.49. The van der Waals surface area contributed by atoms with Gasteiger partial charge in [0.25, 0.3) is 5.92 Å². The summed E-state index contributed by atoms with van der Waals surface area (Å²) >= 11 is 0. The Kier molecular flexibility index (Phi) is 4.89. The lowest BCUT2D eigenvalue weighted by molar-refractivity contribution is -0.0764. The Morgan fingerprint density at radius 1 is 1.40 bits per heavy atom. The minimum atomic E-state index is -2.74. The third-order valence-electron chi connectivity index (χ3n) is 3.33.